The smallest absolute Gasteiger partial charge is 0.349 e. The maximum atomic E-state index is 12.8. The fraction of sp³-hybridized carbons (Fsp3) is 0.200. The normalized spacial score (nSPS) is 15.0. The number of sulfonamides is 1. The van der Waals surface area contributed by atoms with Crippen molar-refractivity contribution >= 4 is 43.4 Å². The Kier molecular flexibility index (Phi) is 5.47. The van der Waals surface area contributed by atoms with Crippen LogP contribution in [0.15, 0.2) is 80.8 Å². The summed E-state index contributed by atoms with van der Waals surface area (Å²) in [6.45, 7) is 1.04. The zero-order valence-electron chi connectivity index (χ0n) is 17.8. The molecule has 4 aromatic rings. The van der Waals surface area contributed by atoms with Gasteiger partial charge in [0.2, 0.25) is 10.0 Å². The Hall–Kier alpha value is -3.49. The van der Waals surface area contributed by atoms with Crippen molar-refractivity contribution in [3.8, 4) is 0 Å². The molecule has 1 aromatic heterocycles. The Morgan fingerprint density at radius 3 is 2.36 bits per heavy atom. The molecule has 0 saturated carbocycles. The molecule has 0 bridgehead atoms. The highest BCUT2D eigenvalue weighted by Crippen LogP contribution is 2.26. The number of nitrogens with one attached hydrogen (secondary N) is 1. The molecule has 5 rings (SSSR count). The van der Waals surface area contributed by atoms with Crippen LogP contribution in [0.5, 0.6) is 0 Å². The lowest BCUT2D eigenvalue weighted by atomic mass is 10.0. The van der Waals surface area contributed by atoms with Gasteiger partial charge in [0, 0.05) is 24.2 Å². The highest BCUT2D eigenvalue weighted by molar-refractivity contribution is 7.89. The topological polar surface area (TPSA) is 96.7 Å². The summed E-state index contributed by atoms with van der Waals surface area (Å²) in [5.74, 6) is -0.620. The van der Waals surface area contributed by atoms with Crippen molar-refractivity contribution in [2.75, 3.05) is 18.4 Å². The molecule has 0 aliphatic carbocycles. The molecular formula is C25H22N2O5S. The average molecular weight is 463 g/mol. The molecule has 168 valence electrons. The first-order valence-corrected chi connectivity index (χ1v) is 12.2. The number of amides is 1. The quantitative estimate of drug-likeness (QED) is 0.359. The number of hydrogen-bond acceptors (Lipinski definition) is 5. The lowest BCUT2D eigenvalue weighted by Crippen LogP contribution is -2.35. The second-order valence-corrected chi connectivity index (χ2v) is 10.0. The summed E-state index contributed by atoms with van der Waals surface area (Å²) < 4.78 is 32.5. The van der Waals surface area contributed by atoms with Crippen molar-refractivity contribution in [1.29, 1.82) is 0 Å². The molecule has 1 saturated heterocycles. The van der Waals surface area contributed by atoms with Crippen LogP contribution in [0.1, 0.15) is 29.6 Å². The Bertz CT molecular complexity index is 1520. The predicted octanol–water partition coefficient (Wildman–Crippen LogP) is 4.37. The number of nitrogens with zero attached hydrogens (tertiary/aromatic N) is 1. The third-order valence-electron chi connectivity index (χ3n) is 5.95. The number of fused-ring (bicyclic) bond motifs is 3. The van der Waals surface area contributed by atoms with Crippen LogP contribution in [0.25, 0.3) is 21.7 Å². The van der Waals surface area contributed by atoms with E-state index in [1.807, 2.05) is 30.3 Å². The van der Waals surface area contributed by atoms with Crippen LogP contribution in [0.3, 0.4) is 0 Å². The molecule has 0 spiro atoms. The first-order chi connectivity index (χ1) is 15.9. The van der Waals surface area contributed by atoms with Crippen LogP contribution in [-0.4, -0.2) is 31.7 Å². The lowest BCUT2D eigenvalue weighted by Gasteiger charge is -2.25. The summed E-state index contributed by atoms with van der Waals surface area (Å²) in [6, 6.07) is 18.7. The summed E-state index contributed by atoms with van der Waals surface area (Å²) in [7, 11) is -3.56. The Balaban J connectivity index is 1.42. The molecule has 33 heavy (non-hydrogen) atoms. The minimum absolute atomic E-state index is 0.121. The first-order valence-electron chi connectivity index (χ1n) is 10.8. The van der Waals surface area contributed by atoms with Crippen LogP contribution >= 0.6 is 0 Å². The second-order valence-electron chi connectivity index (χ2n) is 8.09. The molecule has 0 atom stereocenters. The fourth-order valence-corrected chi connectivity index (χ4v) is 5.71. The third-order valence-corrected chi connectivity index (χ3v) is 7.86. The van der Waals surface area contributed by atoms with Crippen molar-refractivity contribution in [3.63, 3.8) is 0 Å². The molecule has 1 fully saturated rings. The van der Waals surface area contributed by atoms with Gasteiger partial charge in [-0.1, -0.05) is 36.8 Å². The molecule has 1 aliphatic heterocycles. The Morgan fingerprint density at radius 2 is 1.61 bits per heavy atom. The number of hydrogen-bond donors (Lipinski definition) is 1. The molecular weight excluding hydrogens is 440 g/mol. The summed E-state index contributed by atoms with van der Waals surface area (Å²) in [5, 5.41) is 5.17. The summed E-state index contributed by atoms with van der Waals surface area (Å²) >= 11 is 0. The van der Waals surface area contributed by atoms with E-state index in [0.29, 0.717) is 29.7 Å². The zero-order valence-corrected chi connectivity index (χ0v) is 18.6. The first kappa shape index (κ1) is 21.4. The molecule has 7 nitrogen and oxygen atoms in total. The second kappa shape index (κ2) is 8.46. The molecule has 1 N–H and O–H groups in total. The van der Waals surface area contributed by atoms with E-state index in [1.54, 1.807) is 6.07 Å². The Morgan fingerprint density at radius 1 is 0.879 bits per heavy atom. The van der Waals surface area contributed by atoms with Crippen LogP contribution in [0, 0.1) is 0 Å². The van der Waals surface area contributed by atoms with Gasteiger partial charge < -0.3 is 9.73 Å². The molecule has 1 amide bonds. The monoisotopic (exact) mass is 462 g/mol. The van der Waals surface area contributed by atoms with E-state index in [9.17, 15) is 18.0 Å². The highest BCUT2D eigenvalue weighted by atomic mass is 32.2. The Labute approximate surface area is 190 Å². The van der Waals surface area contributed by atoms with Crippen LogP contribution in [0.2, 0.25) is 0 Å². The maximum absolute atomic E-state index is 12.8. The van der Waals surface area contributed by atoms with E-state index < -0.39 is 21.6 Å². The highest BCUT2D eigenvalue weighted by Gasteiger charge is 2.25. The molecule has 0 unspecified atom stereocenters. The SMILES string of the molecule is O=C(Nc1ccc(S(=O)(=O)N2CCCCC2)cc1)c1cc2c(ccc3ccccc32)oc1=O. The number of carbonyl (C=O) groups is 1. The average Bonchev–Trinajstić information content (AvgIpc) is 2.84. The third kappa shape index (κ3) is 4.03. The largest absolute Gasteiger partial charge is 0.422 e. The maximum Gasteiger partial charge on any atom is 0.349 e. The van der Waals surface area contributed by atoms with E-state index in [0.717, 1.165) is 30.0 Å². The van der Waals surface area contributed by atoms with E-state index >= 15 is 0 Å². The number of piperidine rings is 1. The summed E-state index contributed by atoms with van der Waals surface area (Å²) in [6.07, 6.45) is 2.75. The number of carbonyl (C=O) groups excluding carboxylic acids is 1. The van der Waals surface area contributed by atoms with Crippen LogP contribution in [-0.2, 0) is 10.0 Å². The van der Waals surface area contributed by atoms with Gasteiger partial charge in [0.15, 0.2) is 0 Å². The van der Waals surface area contributed by atoms with Gasteiger partial charge in [-0.25, -0.2) is 13.2 Å². The molecule has 2 heterocycles. The van der Waals surface area contributed by atoms with Crippen molar-refractivity contribution in [3.05, 3.63) is 82.7 Å². The standard InChI is InChI=1S/C25H22N2O5S/c28-24(22-16-21-20-7-3-2-6-17(20)8-13-23(21)32-25(22)29)26-18-9-11-19(12-10-18)33(30,31)27-14-4-1-5-15-27/h2-3,6-13,16H,1,4-5,14-15H2,(H,26,28). The van der Waals surface area contributed by atoms with Gasteiger partial charge in [-0.2, -0.15) is 4.31 Å². The zero-order chi connectivity index (χ0) is 23.0. The molecule has 3 aromatic carbocycles. The molecule has 1 aliphatic rings. The minimum atomic E-state index is -3.56. The lowest BCUT2D eigenvalue weighted by molar-refractivity contribution is 0.102. The van der Waals surface area contributed by atoms with E-state index in [1.165, 1.54) is 34.6 Å². The van der Waals surface area contributed by atoms with Crippen molar-refractivity contribution < 1.29 is 17.6 Å². The molecule has 8 heteroatoms. The van der Waals surface area contributed by atoms with Gasteiger partial charge >= 0.3 is 5.63 Å². The van der Waals surface area contributed by atoms with E-state index in [2.05, 4.69) is 5.32 Å². The van der Waals surface area contributed by atoms with Gasteiger partial charge in [-0.3, -0.25) is 4.79 Å². The summed E-state index contributed by atoms with van der Waals surface area (Å²) in [5.41, 5.74) is -0.0685. The van der Waals surface area contributed by atoms with Crippen molar-refractivity contribution in [1.82, 2.24) is 4.31 Å². The van der Waals surface area contributed by atoms with Crippen LogP contribution < -0.4 is 10.9 Å². The van der Waals surface area contributed by atoms with Gasteiger partial charge in [-0.05, 0) is 60.0 Å². The fourth-order valence-electron chi connectivity index (χ4n) is 4.19. The van der Waals surface area contributed by atoms with Gasteiger partial charge in [0.25, 0.3) is 5.91 Å². The van der Waals surface area contributed by atoms with Gasteiger partial charge in [0.1, 0.15) is 11.1 Å². The van der Waals surface area contributed by atoms with Crippen molar-refractivity contribution in [2.45, 2.75) is 24.2 Å². The van der Waals surface area contributed by atoms with E-state index in [-0.39, 0.29) is 10.5 Å². The van der Waals surface area contributed by atoms with Gasteiger partial charge in [-0.15, -0.1) is 0 Å². The summed E-state index contributed by atoms with van der Waals surface area (Å²) in [4.78, 5) is 25.5. The number of benzene rings is 3. The predicted molar refractivity (Wildman–Crippen MR) is 127 cm³/mol. The van der Waals surface area contributed by atoms with Crippen LogP contribution in [0.4, 0.5) is 5.69 Å². The van der Waals surface area contributed by atoms with Crippen molar-refractivity contribution in [2.24, 2.45) is 0 Å². The number of anilines is 1. The number of rotatable bonds is 4. The molecule has 0 radical (unpaired) electrons. The van der Waals surface area contributed by atoms with E-state index in [4.69, 9.17) is 4.42 Å². The van der Waals surface area contributed by atoms with Gasteiger partial charge in [0.05, 0.1) is 4.90 Å². The minimum Gasteiger partial charge on any atom is -0.422 e.